The van der Waals surface area contributed by atoms with Gasteiger partial charge in [0.25, 0.3) is 0 Å². The van der Waals surface area contributed by atoms with Crippen molar-refractivity contribution in [2.24, 2.45) is 10.7 Å². The highest BCUT2D eigenvalue weighted by Crippen LogP contribution is 2.29. The van der Waals surface area contributed by atoms with Crippen LogP contribution in [0.3, 0.4) is 0 Å². The third kappa shape index (κ3) is 1.67. The van der Waals surface area contributed by atoms with Crippen molar-refractivity contribution in [2.75, 3.05) is 0 Å². The average Bonchev–Trinajstić information content (AvgIpc) is 2.32. The molecule has 0 saturated carbocycles. The molecule has 2 N–H and O–H groups in total. The molecular formula is C13H16N2. The summed E-state index contributed by atoms with van der Waals surface area (Å²) in [4.78, 5) is 4.27. The van der Waals surface area contributed by atoms with E-state index < -0.39 is 0 Å². The second-order valence-corrected chi connectivity index (χ2v) is 4.20. The highest BCUT2D eigenvalue weighted by atomic mass is 14.8. The van der Waals surface area contributed by atoms with Crippen LogP contribution in [0.25, 0.3) is 0 Å². The van der Waals surface area contributed by atoms with Crippen LogP contribution in [0.1, 0.15) is 36.5 Å². The highest BCUT2D eigenvalue weighted by molar-refractivity contribution is 6.00. The number of benzene rings is 1. The van der Waals surface area contributed by atoms with Gasteiger partial charge in [-0.25, -0.2) is 4.99 Å². The Hall–Kier alpha value is -1.57. The average molecular weight is 200 g/mol. The molecule has 1 aromatic rings. The number of nitrogens with zero attached hydrogens (tertiary/aromatic N) is 1. The maximum Gasteiger partial charge on any atom is 0.130 e. The van der Waals surface area contributed by atoms with Gasteiger partial charge in [-0.2, -0.15) is 0 Å². The number of nitrogens with two attached hydrogens (primary N) is 1. The van der Waals surface area contributed by atoms with Crippen LogP contribution < -0.4 is 5.73 Å². The minimum atomic E-state index is 0.394. The quantitative estimate of drug-likeness (QED) is 0.687. The van der Waals surface area contributed by atoms with Crippen LogP contribution in [0.4, 0.5) is 0 Å². The third-order valence-electron chi connectivity index (χ3n) is 3.04. The van der Waals surface area contributed by atoms with Crippen LogP contribution in [0, 0.1) is 6.92 Å². The minimum Gasteiger partial charge on any atom is -0.383 e. The van der Waals surface area contributed by atoms with Gasteiger partial charge in [0.2, 0.25) is 0 Å². The van der Waals surface area contributed by atoms with E-state index in [0.717, 1.165) is 5.56 Å². The summed E-state index contributed by atoms with van der Waals surface area (Å²) in [5, 5.41) is 0. The van der Waals surface area contributed by atoms with Crippen LogP contribution in [-0.4, -0.2) is 5.84 Å². The van der Waals surface area contributed by atoms with E-state index in [4.69, 9.17) is 5.73 Å². The summed E-state index contributed by atoms with van der Waals surface area (Å²) in [5.74, 6) is 1.02. The molecule has 78 valence electrons. The van der Waals surface area contributed by atoms with E-state index in [1.807, 2.05) is 6.20 Å². The maximum absolute atomic E-state index is 5.95. The fourth-order valence-electron chi connectivity index (χ4n) is 1.87. The predicted octanol–water partition coefficient (Wildman–Crippen LogP) is 2.72. The first kappa shape index (κ1) is 9.97. The van der Waals surface area contributed by atoms with Gasteiger partial charge in [0.15, 0.2) is 0 Å². The van der Waals surface area contributed by atoms with Crippen molar-refractivity contribution in [1.82, 2.24) is 0 Å². The van der Waals surface area contributed by atoms with Gasteiger partial charge in [-0.15, -0.1) is 0 Å². The van der Waals surface area contributed by atoms with Crippen LogP contribution in [0.2, 0.25) is 0 Å². The van der Waals surface area contributed by atoms with Crippen molar-refractivity contribution in [3.8, 4) is 0 Å². The molecule has 1 heterocycles. The summed E-state index contributed by atoms with van der Waals surface area (Å²) in [5.41, 5.74) is 10.8. The molecule has 2 rings (SSSR count). The molecule has 1 atom stereocenters. The van der Waals surface area contributed by atoms with Crippen LogP contribution in [-0.2, 0) is 0 Å². The Balaban J connectivity index is 2.65. The van der Waals surface area contributed by atoms with Crippen LogP contribution in [0.15, 0.2) is 35.0 Å². The SMILES string of the molecule is CC1=CN=C(N)c2cc(C)ccc2C1C. The number of hydrogen-bond donors (Lipinski definition) is 1. The van der Waals surface area contributed by atoms with E-state index in [1.54, 1.807) is 0 Å². The molecule has 0 bridgehead atoms. The Morgan fingerprint density at radius 3 is 2.73 bits per heavy atom. The number of amidine groups is 1. The van der Waals surface area contributed by atoms with Gasteiger partial charge in [0.05, 0.1) is 0 Å². The lowest BCUT2D eigenvalue weighted by molar-refractivity contribution is 0.890. The lowest BCUT2D eigenvalue weighted by atomic mass is 9.90. The second-order valence-electron chi connectivity index (χ2n) is 4.20. The lowest BCUT2D eigenvalue weighted by Crippen LogP contribution is -2.15. The van der Waals surface area contributed by atoms with Crippen molar-refractivity contribution in [2.45, 2.75) is 26.7 Å². The molecule has 1 aromatic carbocycles. The Morgan fingerprint density at radius 1 is 1.27 bits per heavy atom. The molecule has 1 aliphatic heterocycles. The molecule has 0 aliphatic carbocycles. The summed E-state index contributed by atoms with van der Waals surface area (Å²) in [6.45, 7) is 6.36. The number of aryl methyl sites for hydroxylation is 1. The van der Waals surface area contributed by atoms with E-state index in [2.05, 4.69) is 44.0 Å². The number of aliphatic imine (C=N–C) groups is 1. The zero-order valence-corrected chi connectivity index (χ0v) is 9.41. The summed E-state index contributed by atoms with van der Waals surface area (Å²) in [6, 6.07) is 6.39. The smallest absolute Gasteiger partial charge is 0.130 e. The molecule has 0 spiro atoms. The molecule has 0 fully saturated rings. The van der Waals surface area contributed by atoms with Crippen molar-refractivity contribution in [3.05, 3.63) is 46.7 Å². The third-order valence-corrected chi connectivity index (χ3v) is 3.04. The van der Waals surface area contributed by atoms with Gasteiger partial charge >= 0.3 is 0 Å². The summed E-state index contributed by atoms with van der Waals surface area (Å²) in [6.07, 6.45) is 1.87. The van der Waals surface area contributed by atoms with E-state index in [9.17, 15) is 0 Å². The van der Waals surface area contributed by atoms with Gasteiger partial charge in [-0.05, 0) is 31.1 Å². The lowest BCUT2D eigenvalue weighted by Gasteiger charge is -2.14. The summed E-state index contributed by atoms with van der Waals surface area (Å²) in [7, 11) is 0. The number of hydrogen-bond acceptors (Lipinski definition) is 2. The van der Waals surface area contributed by atoms with Gasteiger partial charge in [0.1, 0.15) is 5.84 Å². The monoisotopic (exact) mass is 200 g/mol. The topological polar surface area (TPSA) is 38.4 Å². The summed E-state index contributed by atoms with van der Waals surface area (Å²) < 4.78 is 0. The maximum atomic E-state index is 5.95. The molecule has 0 amide bonds. The molecule has 2 nitrogen and oxygen atoms in total. The first-order valence-corrected chi connectivity index (χ1v) is 5.20. The second kappa shape index (κ2) is 3.54. The minimum absolute atomic E-state index is 0.394. The molecule has 2 heteroatoms. The molecule has 0 radical (unpaired) electrons. The fourth-order valence-corrected chi connectivity index (χ4v) is 1.87. The molecule has 1 aliphatic rings. The van der Waals surface area contributed by atoms with Crippen LogP contribution in [0.5, 0.6) is 0 Å². The standard InChI is InChI=1S/C13H16N2/c1-8-4-5-11-10(3)9(2)7-15-13(14)12(11)6-8/h4-7,10H,1-3H3,(H2,14,15). The zero-order valence-electron chi connectivity index (χ0n) is 9.41. The van der Waals surface area contributed by atoms with Crippen molar-refractivity contribution in [3.63, 3.8) is 0 Å². The van der Waals surface area contributed by atoms with Gasteiger partial charge in [0, 0.05) is 17.7 Å². The molecule has 0 aromatic heterocycles. The molecule has 1 unspecified atom stereocenters. The van der Waals surface area contributed by atoms with E-state index in [1.165, 1.54) is 16.7 Å². The predicted molar refractivity (Wildman–Crippen MR) is 64.1 cm³/mol. The number of fused-ring (bicyclic) bond motifs is 1. The van der Waals surface area contributed by atoms with Gasteiger partial charge < -0.3 is 5.73 Å². The van der Waals surface area contributed by atoms with E-state index in [0.29, 0.717) is 11.8 Å². The Labute approximate surface area is 90.5 Å². The summed E-state index contributed by atoms with van der Waals surface area (Å²) >= 11 is 0. The van der Waals surface area contributed by atoms with Gasteiger partial charge in [-0.1, -0.05) is 24.6 Å². The van der Waals surface area contributed by atoms with Gasteiger partial charge in [-0.3, -0.25) is 0 Å². The zero-order chi connectivity index (χ0) is 11.0. The number of allylic oxidation sites excluding steroid dienone is 1. The van der Waals surface area contributed by atoms with E-state index >= 15 is 0 Å². The largest absolute Gasteiger partial charge is 0.383 e. The van der Waals surface area contributed by atoms with Crippen molar-refractivity contribution < 1.29 is 0 Å². The Kier molecular flexibility index (Phi) is 2.35. The Morgan fingerprint density at radius 2 is 2.00 bits per heavy atom. The normalized spacial score (nSPS) is 20.1. The van der Waals surface area contributed by atoms with Crippen molar-refractivity contribution >= 4 is 5.84 Å². The van der Waals surface area contributed by atoms with E-state index in [-0.39, 0.29) is 0 Å². The Bertz CT molecular complexity index is 456. The molecule has 15 heavy (non-hydrogen) atoms. The first-order chi connectivity index (χ1) is 7.09. The molecule has 0 saturated heterocycles. The highest BCUT2D eigenvalue weighted by Gasteiger charge is 2.16. The van der Waals surface area contributed by atoms with Crippen molar-refractivity contribution in [1.29, 1.82) is 0 Å². The van der Waals surface area contributed by atoms with Crippen LogP contribution >= 0.6 is 0 Å². The number of rotatable bonds is 0. The fraction of sp³-hybridized carbons (Fsp3) is 0.308. The first-order valence-electron chi connectivity index (χ1n) is 5.20. The molecular weight excluding hydrogens is 184 g/mol.